The van der Waals surface area contributed by atoms with Crippen molar-refractivity contribution in [2.45, 2.75) is 33.6 Å². The van der Waals surface area contributed by atoms with E-state index in [1.165, 1.54) is 0 Å². The lowest BCUT2D eigenvalue weighted by Crippen LogP contribution is -2.30. The van der Waals surface area contributed by atoms with Gasteiger partial charge in [-0.1, -0.05) is 12.1 Å². The molecule has 0 heterocycles. The van der Waals surface area contributed by atoms with Gasteiger partial charge in [0.05, 0.1) is 6.61 Å². The Hall–Kier alpha value is -2.04. The number of ether oxygens (including phenoxy) is 2. The molecule has 1 aromatic carbocycles. The molecule has 0 saturated carbocycles. The van der Waals surface area contributed by atoms with Crippen molar-refractivity contribution < 1.29 is 19.1 Å². The molecule has 0 aliphatic rings. The summed E-state index contributed by atoms with van der Waals surface area (Å²) >= 11 is 0. The van der Waals surface area contributed by atoms with E-state index in [0.717, 1.165) is 16.9 Å². The van der Waals surface area contributed by atoms with Crippen LogP contribution in [0.4, 0.5) is 0 Å². The minimum atomic E-state index is -0.238. The van der Waals surface area contributed by atoms with Crippen molar-refractivity contribution in [3.05, 3.63) is 29.3 Å². The van der Waals surface area contributed by atoms with Crippen molar-refractivity contribution in [1.29, 1.82) is 0 Å². The maximum atomic E-state index is 11.6. The van der Waals surface area contributed by atoms with E-state index in [1.54, 1.807) is 6.92 Å². The van der Waals surface area contributed by atoms with Crippen molar-refractivity contribution in [2.24, 2.45) is 0 Å². The molecular formula is C16H23NO4. The van der Waals surface area contributed by atoms with Crippen LogP contribution < -0.4 is 10.1 Å². The Morgan fingerprint density at radius 2 is 2.00 bits per heavy atom. The smallest absolute Gasteiger partial charge is 0.305 e. The molecule has 5 heteroatoms. The third-order valence-electron chi connectivity index (χ3n) is 3.10. The Morgan fingerprint density at radius 3 is 2.71 bits per heavy atom. The maximum absolute atomic E-state index is 11.6. The number of aryl methyl sites for hydroxylation is 1. The standard InChI is InChI=1S/C16H23NO4/c1-4-20-16(19)9-6-10-17-15(18)11-21-14-8-5-7-12(2)13(14)3/h5,7-8H,4,6,9-11H2,1-3H3,(H,17,18). The highest BCUT2D eigenvalue weighted by atomic mass is 16.5. The number of hydrogen-bond donors (Lipinski definition) is 1. The molecule has 0 aliphatic carbocycles. The summed E-state index contributed by atoms with van der Waals surface area (Å²) < 4.78 is 10.3. The average molecular weight is 293 g/mol. The number of rotatable bonds is 8. The summed E-state index contributed by atoms with van der Waals surface area (Å²) in [4.78, 5) is 22.7. The van der Waals surface area contributed by atoms with Gasteiger partial charge < -0.3 is 14.8 Å². The molecule has 1 aromatic rings. The Balaban J connectivity index is 2.22. The van der Waals surface area contributed by atoms with Gasteiger partial charge in [-0.3, -0.25) is 9.59 Å². The molecule has 0 saturated heterocycles. The molecule has 0 atom stereocenters. The predicted molar refractivity (Wildman–Crippen MR) is 80.3 cm³/mol. The van der Waals surface area contributed by atoms with Crippen LogP contribution in [0.25, 0.3) is 0 Å². The highest BCUT2D eigenvalue weighted by molar-refractivity contribution is 5.77. The molecule has 1 N–H and O–H groups in total. The third-order valence-corrected chi connectivity index (χ3v) is 3.10. The van der Waals surface area contributed by atoms with Crippen LogP contribution in [-0.4, -0.2) is 31.6 Å². The Morgan fingerprint density at radius 1 is 1.24 bits per heavy atom. The predicted octanol–water partition coefficient (Wildman–Crippen LogP) is 2.14. The van der Waals surface area contributed by atoms with Crippen molar-refractivity contribution in [1.82, 2.24) is 5.32 Å². The molecule has 5 nitrogen and oxygen atoms in total. The summed E-state index contributed by atoms with van der Waals surface area (Å²) in [6.45, 7) is 6.52. The monoisotopic (exact) mass is 293 g/mol. The van der Waals surface area contributed by atoms with Gasteiger partial charge in [0.1, 0.15) is 5.75 Å². The second-order valence-electron chi connectivity index (χ2n) is 4.75. The van der Waals surface area contributed by atoms with Crippen LogP contribution in [0, 0.1) is 13.8 Å². The summed E-state index contributed by atoms with van der Waals surface area (Å²) in [5.74, 6) is 0.287. The van der Waals surface area contributed by atoms with Gasteiger partial charge in [0, 0.05) is 13.0 Å². The Kier molecular flexibility index (Phi) is 7.29. The molecule has 0 spiro atoms. The van der Waals surface area contributed by atoms with Crippen LogP contribution in [0.15, 0.2) is 18.2 Å². The fourth-order valence-electron chi connectivity index (χ4n) is 1.77. The zero-order chi connectivity index (χ0) is 15.7. The SMILES string of the molecule is CCOC(=O)CCCNC(=O)COc1cccc(C)c1C. The van der Waals surface area contributed by atoms with Gasteiger partial charge in [0.2, 0.25) is 0 Å². The first kappa shape index (κ1) is 17.0. The largest absolute Gasteiger partial charge is 0.483 e. The fraction of sp³-hybridized carbons (Fsp3) is 0.500. The summed E-state index contributed by atoms with van der Waals surface area (Å²) in [7, 11) is 0. The maximum Gasteiger partial charge on any atom is 0.305 e. The molecule has 0 radical (unpaired) electrons. The van der Waals surface area contributed by atoms with Crippen molar-refractivity contribution in [2.75, 3.05) is 19.8 Å². The summed E-state index contributed by atoms with van der Waals surface area (Å²) in [6.07, 6.45) is 0.875. The summed E-state index contributed by atoms with van der Waals surface area (Å²) in [5.41, 5.74) is 2.16. The van der Waals surface area contributed by atoms with Crippen LogP contribution in [0.2, 0.25) is 0 Å². The van der Waals surface area contributed by atoms with Crippen molar-refractivity contribution in [3.63, 3.8) is 0 Å². The van der Waals surface area contributed by atoms with E-state index in [2.05, 4.69) is 5.32 Å². The van der Waals surface area contributed by atoms with Crippen molar-refractivity contribution >= 4 is 11.9 Å². The minimum Gasteiger partial charge on any atom is -0.483 e. The van der Waals surface area contributed by atoms with Gasteiger partial charge in [-0.05, 0) is 44.4 Å². The van der Waals surface area contributed by atoms with Gasteiger partial charge in [-0.2, -0.15) is 0 Å². The molecule has 21 heavy (non-hydrogen) atoms. The van der Waals surface area contributed by atoms with E-state index in [1.807, 2.05) is 32.0 Å². The lowest BCUT2D eigenvalue weighted by atomic mass is 10.1. The highest BCUT2D eigenvalue weighted by Crippen LogP contribution is 2.20. The summed E-state index contributed by atoms with van der Waals surface area (Å²) in [5, 5.41) is 2.71. The number of carbonyl (C=O) groups excluding carboxylic acids is 2. The average Bonchev–Trinajstić information content (AvgIpc) is 2.45. The lowest BCUT2D eigenvalue weighted by molar-refractivity contribution is -0.143. The van der Waals surface area contributed by atoms with E-state index >= 15 is 0 Å². The fourth-order valence-corrected chi connectivity index (χ4v) is 1.77. The first-order chi connectivity index (χ1) is 10.0. The van der Waals surface area contributed by atoms with Crippen molar-refractivity contribution in [3.8, 4) is 5.75 Å². The molecule has 116 valence electrons. The second-order valence-corrected chi connectivity index (χ2v) is 4.75. The van der Waals surface area contributed by atoms with Gasteiger partial charge in [-0.25, -0.2) is 0 Å². The van der Waals surface area contributed by atoms with Gasteiger partial charge >= 0.3 is 5.97 Å². The van der Waals surface area contributed by atoms with Crippen LogP contribution in [0.1, 0.15) is 30.9 Å². The number of esters is 1. The van der Waals surface area contributed by atoms with Gasteiger partial charge in [0.25, 0.3) is 5.91 Å². The number of hydrogen-bond acceptors (Lipinski definition) is 4. The van der Waals surface area contributed by atoms with Crippen LogP contribution >= 0.6 is 0 Å². The van der Waals surface area contributed by atoms with Crippen LogP contribution in [-0.2, 0) is 14.3 Å². The zero-order valence-corrected chi connectivity index (χ0v) is 12.9. The molecule has 0 aromatic heterocycles. The number of amides is 1. The van der Waals surface area contributed by atoms with Crippen LogP contribution in [0.3, 0.4) is 0 Å². The van der Waals surface area contributed by atoms with Gasteiger partial charge in [-0.15, -0.1) is 0 Å². The molecular weight excluding hydrogens is 270 g/mol. The highest BCUT2D eigenvalue weighted by Gasteiger charge is 2.06. The summed E-state index contributed by atoms with van der Waals surface area (Å²) in [6, 6.07) is 5.74. The van der Waals surface area contributed by atoms with E-state index in [4.69, 9.17) is 9.47 Å². The molecule has 1 amide bonds. The molecule has 0 fully saturated rings. The molecule has 0 unspecified atom stereocenters. The normalized spacial score (nSPS) is 10.0. The Bertz CT molecular complexity index is 485. The number of benzene rings is 1. The van der Waals surface area contributed by atoms with E-state index in [0.29, 0.717) is 26.0 Å². The van der Waals surface area contributed by atoms with E-state index in [-0.39, 0.29) is 18.5 Å². The number of carbonyl (C=O) groups is 2. The zero-order valence-electron chi connectivity index (χ0n) is 12.9. The minimum absolute atomic E-state index is 0.0241. The molecule has 0 aliphatic heterocycles. The Labute approximate surface area is 125 Å². The molecule has 1 rings (SSSR count). The first-order valence-corrected chi connectivity index (χ1v) is 7.16. The third kappa shape index (κ3) is 6.29. The quantitative estimate of drug-likeness (QED) is 0.589. The first-order valence-electron chi connectivity index (χ1n) is 7.16. The van der Waals surface area contributed by atoms with Gasteiger partial charge in [0.15, 0.2) is 6.61 Å². The van der Waals surface area contributed by atoms with E-state index < -0.39 is 0 Å². The topological polar surface area (TPSA) is 64.6 Å². The van der Waals surface area contributed by atoms with Crippen LogP contribution in [0.5, 0.6) is 5.75 Å². The second kappa shape index (κ2) is 9.00. The van der Waals surface area contributed by atoms with E-state index in [9.17, 15) is 9.59 Å². The lowest BCUT2D eigenvalue weighted by Gasteiger charge is -2.11. The number of nitrogens with one attached hydrogen (secondary N) is 1. The molecule has 0 bridgehead atoms.